The van der Waals surface area contributed by atoms with Gasteiger partial charge in [-0.15, -0.1) is 0 Å². The van der Waals surface area contributed by atoms with Crippen LogP contribution in [0.15, 0.2) is 0 Å². The van der Waals surface area contributed by atoms with Crippen LogP contribution < -0.4 is 0 Å². The smallest absolute Gasteiger partial charge is 0.0914 e. The van der Waals surface area contributed by atoms with Crippen molar-refractivity contribution in [2.75, 3.05) is 12.8 Å². The largest absolute Gasteiger partial charge is 0.391 e. The van der Waals surface area contributed by atoms with Crippen LogP contribution in [0.3, 0.4) is 0 Å². The minimum Gasteiger partial charge on any atom is -0.391 e. The molecular formula is C9H19NO2S. The van der Waals surface area contributed by atoms with Gasteiger partial charge >= 0.3 is 0 Å². The molecule has 0 aromatic carbocycles. The number of piperidine rings is 1. The summed E-state index contributed by atoms with van der Waals surface area (Å²) in [5, 5.41) is 9.74. The van der Waals surface area contributed by atoms with E-state index >= 15 is 0 Å². The van der Waals surface area contributed by atoms with Gasteiger partial charge in [-0.3, -0.25) is 0 Å². The molecule has 1 fully saturated rings. The van der Waals surface area contributed by atoms with E-state index in [0.717, 1.165) is 32.2 Å². The Morgan fingerprint density at radius 2 is 2.31 bits per heavy atom. The molecule has 1 heterocycles. The van der Waals surface area contributed by atoms with Crippen molar-refractivity contribution in [1.29, 1.82) is 0 Å². The lowest BCUT2D eigenvalue weighted by Gasteiger charge is -2.37. The molecule has 3 nitrogen and oxygen atoms in total. The molecule has 1 N–H and O–H groups in total. The summed E-state index contributed by atoms with van der Waals surface area (Å²) in [4.78, 5) is 0. The summed E-state index contributed by atoms with van der Waals surface area (Å²) in [6.45, 7) is 2.96. The summed E-state index contributed by atoms with van der Waals surface area (Å²) in [6, 6.07) is 0.115. The van der Waals surface area contributed by atoms with E-state index in [0.29, 0.717) is 0 Å². The average molecular weight is 205 g/mol. The van der Waals surface area contributed by atoms with Crippen LogP contribution in [0.4, 0.5) is 0 Å². The van der Waals surface area contributed by atoms with Gasteiger partial charge in [-0.25, -0.2) is 8.51 Å². The Labute approximate surface area is 82.7 Å². The second-order valence-corrected chi connectivity index (χ2v) is 4.95. The van der Waals surface area contributed by atoms with Gasteiger partial charge in [0, 0.05) is 18.8 Å². The van der Waals surface area contributed by atoms with Crippen LogP contribution in [-0.2, 0) is 11.0 Å². The Morgan fingerprint density at radius 1 is 1.62 bits per heavy atom. The van der Waals surface area contributed by atoms with Crippen molar-refractivity contribution >= 4 is 11.0 Å². The maximum atomic E-state index is 11.4. The first-order valence-electron chi connectivity index (χ1n) is 4.95. The highest BCUT2D eigenvalue weighted by Gasteiger charge is 2.31. The van der Waals surface area contributed by atoms with Crippen molar-refractivity contribution in [2.45, 2.75) is 44.8 Å². The van der Waals surface area contributed by atoms with E-state index in [1.807, 2.05) is 4.31 Å². The monoisotopic (exact) mass is 205 g/mol. The zero-order valence-corrected chi connectivity index (χ0v) is 9.22. The van der Waals surface area contributed by atoms with Crippen molar-refractivity contribution in [3.63, 3.8) is 0 Å². The number of rotatable bonds is 3. The standard InChI is InChI=1S/C9H19NO2S/c1-3-5-8-9(11)6-4-7-10(8)13(2)12/h8-9,11H,3-7H2,1-2H3. The SMILES string of the molecule is CCCC1C(O)CCCN1S(C)=O. The van der Waals surface area contributed by atoms with Crippen molar-refractivity contribution in [3.8, 4) is 0 Å². The van der Waals surface area contributed by atoms with Crippen molar-refractivity contribution in [1.82, 2.24) is 4.31 Å². The van der Waals surface area contributed by atoms with E-state index in [1.165, 1.54) is 0 Å². The van der Waals surface area contributed by atoms with E-state index in [2.05, 4.69) is 6.92 Å². The van der Waals surface area contributed by atoms with Crippen LogP contribution in [-0.4, -0.2) is 38.6 Å². The summed E-state index contributed by atoms with van der Waals surface area (Å²) in [7, 11) is -0.931. The maximum Gasteiger partial charge on any atom is 0.0914 e. The molecule has 0 radical (unpaired) electrons. The van der Waals surface area contributed by atoms with Crippen LogP contribution in [0.25, 0.3) is 0 Å². The fourth-order valence-corrected chi connectivity index (χ4v) is 2.97. The quantitative estimate of drug-likeness (QED) is 0.744. The second kappa shape index (κ2) is 5.08. The van der Waals surface area contributed by atoms with E-state index < -0.39 is 11.0 Å². The van der Waals surface area contributed by atoms with Gasteiger partial charge in [-0.05, 0) is 19.3 Å². The summed E-state index contributed by atoms with van der Waals surface area (Å²) in [5.74, 6) is 0. The molecule has 78 valence electrons. The summed E-state index contributed by atoms with van der Waals surface area (Å²) < 4.78 is 13.3. The highest BCUT2D eigenvalue weighted by Crippen LogP contribution is 2.22. The second-order valence-electron chi connectivity index (χ2n) is 3.63. The fourth-order valence-electron chi connectivity index (χ4n) is 1.96. The normalized spacial score (nSPS) is 33.2. The first-order valence-corrected chi connectivity index (χ1v) is 6.46. The molecule has 0 bridgehead atoms. The molecule has 4 heteroatoms. The Kier molecular flexibility index (Phi) is 4.35. The molecule has 0 aromatic rings. The number of aliphatic hydroxyl groups excluding tert-OH is 1. The van der Waals surface area contributed by atoms with E-state index in [9.17, 15) is 9.32 Å². The Morgan fingerprint density at radius 3 is 2.85 bits per heavy atom. The van der Waals surface area contributed by atoms with Gasteiger partial charge in [0.2, 0.25) is 0 Å². The molecule has 1 aliphatic rings. The summed E-state index contributed by atoms with van der Waals surface area (Å²) in [5.41, 5.74) is 0. The molecule has 1 aliphatic heterocycles. The van der Waals surface area contributed by atoms with Gasteiger partial charge in [0.25, 0.3) is 0 Å². The molecule has 3 unspecified atom stereocenters. The molecule has 0 aromatic heterocycles. The summed E-state index contributed by atoms with van der Waals surface area (Å²) >= 11 is 0. The van der Waals surface area contributed by atoms with Gasteiger partial charge in [-0.2, -0.15) is 0 Å². The van der Waals surface area contributed by atoms with Crippen LogP contribution in [0.2, 0.25) is 0 Å². The molecule has 0 aliphatic carbocycles. The third-order valence-corrected chi connectivity index (χ3v) is 3.72. The van der Waals surface area contributed by atoms with Gasteiger partial charge in [0.1, 0.15) is 0 Å². The van der Waals surface area contributed by atoms with Crippen molar-refractivity contribution < 1.29 is 9.32 Å². The number of aliphatic hydroxyl groups is 1. The molecule has 0 amide bonds. The van der Waals surface area contributed by atoms with Crippen LogP contribution in [0.1, 0.15) is 32.6 Å². The zero-order chi connectivity index (χ0) is 9.84. The molecule has 3 atom stereocenters. The van der Waals surface area contributed by atoms with E-state index in [1.54, 1.807) is 6.26 Å². The topological polar surface area (TPSA) is 40.5 Å². The van der Waals surface area contributed by atoms with Crippen LogP contribution >= 0.6 is 0 Å². The third kappa shape index (κ3) is 2.76. The Balaban J connectivity index is 2.62. The number of hydrogen-bond acceptors (Lipinski definition) is 2. The van der Waals surface area contributed by atoms with Gasteiger partial charge < -0.3 is 5.11 Å². The summed E-state index contributed by atoms with van der Waals surface area (Å²) in [6.07, 6.45) is 5.22. The highest BCUT2D eigenvalue weighted by atomic mass is 32.2. The lowest BCUT2D eigenvalue weighted by molar-refractivity contribution is 0.0507. The molecule has 1 rings (SSSR count). The predicted molar refractivity (Wildman–Crippen MR) is 54.7 cm³/mol. The van der Waals surface area contributed by atoms with Gasteiger partial charge in [0.15, 0.2) is 0 Å². The minimum absolute atomic E-state index is 0.115. The lowest BCUT2D eigenvalue weighted by atomic mass is 9.98. The number of hydrogen-bond donors (Lipinski definition) is 1. The molecule has 0 saturated carbocycles. The number of nitrogens with zero attached hydrogens (tertiary/aromatic N) is 1. The molecule has 0 spiro atoms. The van der Waals surface area contributed by atoms with Crippen LogP contribution in [0, 0.1) is 0 Å². The van der Waals surface area contributed by atoms with Crippen LogP contribution in [0.5, 0.6) is 0 Å². The van der Waals surface area contributed by atoms with Gasteiger partial charge in [-0.1, -0.05) is 13.3 Å². The third-order valence-electron chi connectivity index (χ3n) is 2.61. The Hall–Kier alpha value is 0.0700. The molecular weight excluding hydrogens is 186 g/mol. The highest BCUT2D eigenvalue weighted by molar-refractivity contribution is 7.81. The predicted octanol–water partition coefficient (Wildman–Crippen LogP) is 0.905. The fraction of sp³-hybridized carbons (Fsp3) is 1.00. The minimum atomic E-state index is -0.931. The lowest BCUT2D eigenvalue weighted by Crippen LogP contribution is -2.48. The van der Waals surface area contributed by atoms with Gasteiger partial charge in [0.05, 0.1) is 17.1 Å². The Bertz CT molecular complexity index is 186. The first kappa shape index (κ1) is 11.1. The molecule has 13 heavy (non-hydrogen) atoms. The average Bonchev–Trinajstić information content (AvgIpc) is 2.08. The van der Waals surface area contributed by atoms with E-state index in [-0.39, 0.29) is 12.1 Å². The first-order chi connectivity index (χ1) is 6.16. The molecule has 1 saturated heterocycles. The van der Waals surface area contributed by atoms with Crippen molar-refractivity contribution in [2.24, 2.45) is 0 Å². The van der Waals surface area contributed by atoms with E-state index in [4.69, 9.17) is 0 Å². The van der Waals surface area contributed by atoms with Crippen molar-refractivity contribution in [3.05, 3.63) is 0 Å². The maximum absolute atomic E-state index is 11.4. The zero-order valence-electron chi connectivity index (χ0n) is 8.40.